The Bertz CT molecular complexity index is 970. The highest BCUT2D eigenvalue weighted by molar-refractivity contribution is 7.89. The molecule has 0 unspecified atom stereocenters. The minimum absolute atomic E-state index is 0.103. The third-order valence-electron chi connectivity index (χ3n) is 4.67. The maximum absolute atomic E-state index is 12.8. The van der Waals surface area contributed by atoms with E-state index >= 15 is 0 Å². The van der Waals surface area contributed by atoms with Gasteiger partial charge in [-0.25, -0.2) is 8.42 Å². The summed E-state index contributed by atoms with van der Waals surface area (Å²) in [7, 11) is -0.366. The van der Waals surface area contributed by atoms with Gasteiger partial charge in [-0.1, -0.05) is 23.7 Å². The highest BCUT2D eigenvalue weighted by Crippen LogP contribution is 2.23. The molecule has 0 bridgehead atoms. The van der Waals surface area contributed by atoms with Gasteiger partial charge in [0.05, 0.1) is 24.8 Å². The molecule has 0 radical (unpaired) electrons. The topological polar surface area (TPSA) is 81.1 Å². The second-order valence-electron chi connectivity index (χ2n) is 6.69. The van der Waals surface area contributed by atoms with E-state index < -0.39 is 10.0 Å². The van der Waals surface area contributed by atoms with Crippen LogP contribution in [0.1, 0.15) is 10.5 Å². The Morgan fingerprint density at radius 2 is 1.97 bits per heavy atom. The quantitative estimate of drug-likeness (QED) is 0.655. The van der Waals surface area contributed by atoms with Crippen molar-refractivity contribution in [2.24, 2.45) is 7.05 Å². The van der Waals surface area contributed by atoms with Gasteiger partial charge in [-0.15, -0.1) is 0 Å². The van der Waals surface area contributed by atoms with Gasteiger partial charge in [0, 0.05) is 33.4 Å². The minimum Gasteiger partial charge on any atom is -0.490 e. The van der Waals surface area contributed by atoms with Gasteiger partial charge in [0.15, 0.2) is 0 Å². The smallest absolute Gasteiger partial charge is 0.270 e. The molecule has 1 saturated heterocycles. The average Bonchev–Trinajstić information content (AvgIpc) is 3.12. The predicted molar refractivity (Wildman–Crippen MR) is 109 cm³/mol. The molecule has 158 valence electrons. The van der Waals surface area contributed by atoms with Gasteiger partial charge in [-0.3, -0.25) is 4.79 Å². The monoisotopic (exact) mass is 441 g/mol. The molecule has 0 spiro atoms. The van der Waals surface area contributed by atoms with E-state index in [1.807, 2.05) is 12.1 Å². The molecule has 1 aromatic carbocycles. The lowest BCUT2D eigenvalue weighted by atomic mass is 10.3. The SMILES string of the molecule is CN(CCOc1ccccc1Cl)C(=O)c1cc(S(=O)(=O)N2CCOCC2)cn1C. The van der Waals surface area contributed by atoms with E-state index in [1.165, 1.54) is 26.0 Å². The van der Waals surface area contributed by atoms with Crippen molar-refractivity contribution in [3.8, 4) is 5.75 Å². The molecule has 0 N–H and O–H groups in total. The largest absolute Gasteiger partial charge is 0.490 e. The van der Waals surface area contributed by atoms with Crippen molar-refractivity contribution in [1.29, 1.82) is 0 Å². The first-order chi connectivity index (χ1) is 13.8. The van der Waals surface area contributed by atoms with E-state index in [2.05, 4.69) is 0 Å². The summed E-state index contributed by atoms with van der Waals surface area (Å²) in [5.41, 5.74) is 0.289. The van der Waals surface area contributed by atoms with Gasteiger partial charge in [0.25, 0.3) is 5.91 Å². The van der Waals surface area contributed by atoms with Crippen LogP contribution in [0.25, 0.3) is 0 Å². The summed E-state index contributed by atoms with van der Waals surface area (Å²) in [6, 6.07) is 8.52. The highest BCUT2D eigenvalue weighted by Gasteiger charge is 2.29. The zero-order valence-electron chi connectivity index (χ0n) is 16.4. The Labute approximate surface area is 175 Å². The van der Waals surface area contributed by atoms with Crippen LogP contribution in [0.5, 0.6) is 5.75 Å². The summed E-state index contributed by atoms with van der Waals surface area (Å²) >= 11 is 6.05. The normalized spacial score (nSPS) is 15.3. The van der Waals surface area contributed by atoms with Crippen LogP contribution in [0.15, 0.2) is 41.4 Å². The summed E-state index contributed by atoms with van der Waals surface area (Å²) in [5.74, 6) is 0.256. The number of morpholine rings is 1. The second-order valence-corrected chi connectivity index (χ2v) is 9.04. The Hall–Kier alpha value is -2.07. The number of carbonyl (C=O) groups is 1. The standard InChI is InChI=1S/C19H24ClN3O5S/c1-21(7-12-28-18-6-4-3-5-16(18)20)19(24)17-13-15(14-22(17)2)29(25,26)23-8-10-27-11-9-23/h3-6,13-14H,7-12H2,1-2H3. The summed E-state index contributed by atoms with van der Waals surface area (Å²) in [5, 5.41) is 0.502. The molecule has 0 atom stereocenters. The van der Waals surface area contributed by atoms with Crippen molar-refractivity contribution in [2.75, 3.05) is 46.5 Å². The molecular weight excluding hydrogens is 418 g/mol. The molecule has 2 aromatic rings. The number of rotatable bonds is 7. The molecule has 8 nitrogen and oxygen atoms in total. The number of ether oxygens (including phenoxy) is 2. The lowest BCUT2D eigenvalue weighted by molar-refractivity contribution is 0.0730. The number of amides is 1. The van der Waals surface area contributed by atoms with Crippen molar-refractivity contribution in [3.05, 3.63) is 47.2 Å². The molecule has 3 rings (SSSR count). The van der Waals surface area contributed by atoms with Gasteiger partial charge in [0.1, 0.15) is 22.9 Å². The van der Waals surface area contributed by atoms with Crippen LogP contribution >= 0.6 is 11.6 Å². The number of aromatic nitrogens is 1. The fraction of sp³-hybridized carbons (Fsp3) is 0.421. The Morgan fingerprint density at radius 1 is 1.28 bits per heavy atom. The first kappa shape index (κ1) is 21.6. The number of sulfonamides is 1. The highest BCUT2D eigenvalue weighted by atomic mass is 35.5. The van der Waals surface area contributed by atoms with Crippen LogP contribution in [0.2, 0.25) is 5.02 Å². The molecule has 1 aromatic heterocycles. The number of hydrogen-bond acceptors (Lipinski definition) is 5. The molecule has 0 saturated carbocycles. The first-order valence-electron chi connectivity index (χ1n) is 9.18. The van der Waals surface area contributed by atoms with Crippen LogP contribution in [0, 0.1) is 0 Å². The minimum atomic E-state index is -3.66. The van der Waals surface area contributed by atoms with Crippen molar-refractivity contribution in [3.63, 3.8) is 0 Å². The van der Waals surface area contributed by atoms with E-state index in [-0.39, 0.29) is 23.1 Å². The number of halogens is 1. The summed E-state index contributed by atoms with van der Waals surface area (Å²) < 4.78 is 39.3. The predicted octanol–water partition coefficient (Wildman–Crippen LogP) is 1.85. The van der Waals surface area contributed by atoms with Gasteiger partial charge in [0.2, 0.25) is 10.0 Å². The van der Waals surface area contributed by atoms with Crippen LogP contribution in [-0.2, 0) is 21.8 Å². The first-order valence-corrected chi connectivity index (χ1v) is 11.0. The fourth-order valence-electron chi connectivity index (χ4n) is 2.98. The maximum atomic E-state index is 12.8. The van der Waals surface area contributed by atoms with Crippen LogP contribution in [0.3, 0.4) is 0 Å². The fourth-order valence-corrected chi connectivity index (χ4v) is 4.65. The Morgan fingerprint density at radius 3 is 2.66 bits per heavy atom. The van der Waals surface area contributed by atoms with Crippen LogP contribution in [-0.4, -0.2) is 74.6 Å². The summed E-state index contributed by atoms with van der Waals surface area (Å²) in [6.07, 6.45) is 1.46. The third kappa shape index (κ3) is 4.92. The lowest BCUT2D eigenvalue weighted by Crippen LogP contribution is -2.40. The summed E-state index contributed by atoms with van der Waals surface area (Å²) in [6.45, 7) is 1.92. The number of nitrogens with zero attached hydrogens (tertiary/aromatic N) is 3. The van der Waals surface area contributed by atoms with Gasteiger partial charge < -0.3 is 18.9 Å². The maximum Gasteiger partial charge on any atom is 0.270 e. The second kappa shape index (κ2) is 9.17. The van der Waals surface area contributed by atoms with E-state index in [1.54, 1.807) is 26.2 Å². The van der Waals surface area contributed by atoms with Crippen LogP contribution < -0.4 is 4.74 Å². The van der Waals surface area contributed by atoms with Crippen LogP contribution in [0.4, 0.5) is 0 Å². The molecule has 0 aliphatic carbocycles. The number of benzene rings is 1. The zero-order valence-corrected chi connectivity index (χ0v) is 17.9. The number of carbonyl (C=O) groups excluding carboxylic acids is 1. The van der Waals surface area contributed by atoms with E-state index in [0.717, 1.165) is 0 Å². The van der Waals surface area contributed by atoms with Gasteiger partial charge in [-0.2, -0.15) is 4.31 Å². The molecule has 1 fully saturated rings. The molecule has 1 aliphatic heterocycles. The molecule has 2 heterocycles. The molecule has 1 amide bonds. The Balaban J connectivity index is 1.65. The van der Waals surface area contributed by atoms with Gasteiger partial charge >= 0.3 is 0 Å². The number of hydrogen-bond donors (Lipinski definition) is 0. The zero-order chi connectivity index (χ0) is 21.0. The number of para-hydroxylation sites is 1. The van der Waals surface area contributed by atoms with Crippen molar-refractivity contribution < 1.29 is 22.7 Å². The van der Waals surface area contributed by atoms with Gasteiger partial charge in [-0.05, 0) is 18.2 Å². The van der Waals surface area contributed by atoms with E-state index in [9.17, 15) is 13.2 Å². The van der Waals surface area contributed by atoms with Crippen molar-refractivity contribution in [1.82, 2.24) is 13.8 Å². The molecular formula is C19H24ClN3O5S. The molecule has 1 aliphatic rings. The van der Waals surface area contributed by atoms with Crippen molar-refractivity contribution in [2.45, 2.75) is 4.90 Å². The van der Waals surface area contributed by atoms with E-state index in [4.69, 9.17) is 21.1 Å². The molecule has 10 heteroatoms. The third-order valence-corrected chi connectivity index (χ3v) is 6.85. The number of likely N-dealkylation sites (N-methyl/N-ethyl adjacent to an activating group) is 1. The van der Waals surface area contributed by atoms with E-state index in [0.29, 0.717) is 43.6 Å². The van der Waals surface area contributed by atoms with Crippen molar-refractivity contribution >= 4 is 27.5 Å². The molecule has 29 heavy (non-hydrogen) atoms. The Kier molecular flexibility index (Phi) is 6.84. The number of aryl methyl sites for hydroxylation is 1. The average molecular weight is 442 g/mol. The summed E-state index contributed by atoms with van der Waals surface area (Å²) in [4.78, 5) is 14.4. The lowest BCUT2D eigenvalue weighted by Gasteiger charge is -2.25.